The summed E-state index contributed by atoms with van der Waals surface area (Å²) in [6, 6.07) is 0. The van der Waals surface area contributed by atoms with Crippen molar-refractivity contribution in [3.8, 4) is 0 Å². The fourth-order valence-electron chi connectivity index (χ4n) is 1.24. The van der Waals surface area contributed by atoms with Crippen molar-refractivity contribution in [2.45, 2.75) is 20.0 Å². The summed E-state index contributed by atoms with van der Waals surface area (Å²) in [5, 5.41) is 0. The highest BCUT2D eigenvalue weighted by Gasteiger charge is 2.23. The summed E-state index contributed by atoms with van der Waals surface area (Å²) < 4.78 is 37.7. The molecule has 1 rings (SSSR count). The molecule has 1 aliphatic rings. The molecule has 1 heterocycles. The molecule has 6 heteroatoms. The van der Waals surface area contributed by atoms with E-state index in [1.807, 2.05) is 6.92 Å². The van der Waals surface area contributed by atoms with E-state index in [9.17, 15) is 8.42 Å². The lowest BCUT2D eigenvalue weighted by atomic mass is 10.1. The molecule has 0 amide bonds. The van der Waals surface area contributed by atoms with Crippen LogP contribution in [0, 0.1) is 5.92 Å². The van der Waals surface area contributed by atoms with Gasteiger partial charge in [0.2, 0.25) is 0 Å². The van der Waals surface area contributed by atoms with Gasteiger partial charge in [-0.05, 0) is 6.92 Å². The van der Waals surface area contributed by atoms with Crippen molar-refractivity contribution in [2.75, 3.05) is 32.2 Å². The van der Waals surface area contributed by atoms with E-state index < -0.39 is 10.1 Å². The Morgan fingerprint density at radius 1 is 1.47 bits per heavy atom. The van der Waals surface area contributed by atoms with Crippen molar-refractivity contribution >= 4 is 10.1 Å². The van der Waals surface area contributed by atoms with Crippen molar-refractivity contribution in [1.29, 1.82) is 0 Å². The molecule has 1 fully saturated rings. The van der Waals surface area contributed by atoms with Crippen LogP contribution in [-0.2, 0) is 23.8 Å². The largest absolute Gasteiger partial charge is 0.376 e. The van der Waals surface area contributed by atoms with Crippen molar-refractivity contribution in [1.82, 2.24) is 0 Å². The first kappa shape index (κ1) is 12.9. The Morgan fingerprint density at radius 2 is 2.20 bits per heavy atom. The molecule has 0 N–H and O–H groups in total. The Bertz CT molecular complexity index is 268. The summed E-state index contributed by atoms with van der Waals surface area (Å²) in [7, 11) is -3.35. The van der Waals surface area contributed by atoms with Gasteiger partial charge in [-0.2, -0.15) is 8.42 Å². The molecule has 0 aromatic heterocycles. The van der Waals surface area contributed by atoms with Gasteiger partial charge in [-0.15, -0.1) is 0 Å². The third-order valence-corrected chi connectivity index (χ3v) is 3.54. The second kappa shape index (κ2) is 5.79. The Hall–Kier alpha value is -0.170. The molecular weight excluding hydrogens is 220 g/mol. The normalized spacial score (nSPS) is 25.1. The summed E-state index contributed by atoms with van der Waals surface area (Å²) in [6.45, 7) is 5.29. The van der Waals surface area contributed by atoms with Gasteiger partial charge >= 0.3 is 0 Å². The first-order valence-corrected chi connectivity index (χ1v) is 6.69. The van der Waals surface area contributed by atoms with Crippen LogP contribution < -0.4 is 0 Å². The number of hydrogen-bond donors (Lipinski definition) is 0. The van der Waals surface area contributed by atoms with Crippen molar-refractivity contribution in [2.24, 2.45) is 5.92 Å². The highest BCUT2D eigenvalue weighted by atomic mass is 32.2. The lowest BCUT2D eigenvalue weighted by molar-refractivity contribution is -0.112. The quantitative estimate of drug-likeness (QED) is 0.649. The van der Waals surface area contributed by atoms with E-state index in [0.29, 0.717) is 19.8 Å². The van der Waals surface area contributed by atoms with Gasteiger partial charge in [0.15, 0.2) is 0 Å². The fourth-order valence-corrected chi connectivity index (χ4v) is 1.82. The fraction of sp³-hybridized carbons (Fsp3) is 1.00. The number of ether oxygens (including phenoxy) is 2. The molecule has 0 spiro atoms. The zero-order valence-electron chi connectivity index (χ0n) is 9.14. The van der Waals surface area contributed by atoms with Gasteiger partial charge < -0.3 is 9.47 Å². The van der Waals surface area contributed by atoms with Gasteiger partial charge in [0.05, 0.1) is 38.3 Å². The molecule has 2 atom stereocenters. The van der Waals surface area contributed by atoms with Crippen LogP contribution in [0.15, 0.2) is 0 Å². The Kier molecular flexibility index (Phi) is 4.98. The second-order valence-corrected chi connectivity index (χ2v) is 5.52. The second-order valence-electron chi connectivity index (χ2n) is 3.59. The third-order valence-electron chi connectivity index (χ3n) is 2.34. The monoisotopic (exact) mass is 238 g/mol. The minimum absolute atomic E-state index is 0.00173. The Labute approximate surface area is 90.8 Å². The van der Waals surface area contributed by atoms with Crippen molar-refractivity contribution < 1.29 is 22.1 Å². The lowest BCUT2D eigenvalue weighted by Crippen LogP contribution is -2.36. The van der Waals surface area contributed by atoms with Gasteiger partial charge in [0.25, 0.3) is 10.1 Å². The van der Waals surface area contributed by atoms with E-state index in [0.717, 1.165) is 0 Å². The van der Waals surface area contributed by atoms with Crippen LogP contribution in [0.4, 0.5) is 0 Å². The maximum absolute atomic E-state index is 11.1. The van der Waals surface area contributed by atoms with Crippen LogP contribution in [0.2, 0.25) is 0 Å². The number of hydrogen-bond acceptors (Lipinski definition) is 5. The molecule has 0 bridgehead atoms. The Morgan fingerprint density at radius 3 is 2.73 bits per heavy atom. The third kappa shape index (κ3) is 4.46. The molecule has 5 nitrogen and oxygen atoms in total. The van der Waals surface area contributed by atoms with Gasteiger partial charge in [-0.1, -0.05) is 6.92 Å². The molecule has 1 unspecified atom stereocenters. The summed E-state index contributed by atoms with van der Waals surface area (Å²) in [4.78, 5) is 0. The molecular formula is C9H18O5S. The molecule has 0 radical (unpaired) electrons. The van der Waals surface area contributed by atoms with E-state index in [4.69, 9.17) is 13.7 Å². The highest BCUT2D eigenvalue weighted by Crippen LogP contribution is 2.13. The molecule has 0 saturated carbocycles. The average Bonchev–Trinajstić information content (AvgIpc) is 2.27. The zero-order valence-corrected chi connectivity index (χ0v) is 9.96. The van der Waals surface area contributed by atoms with Crippen LogP contribution in [0.5, 0.6) is 0 Å². The molecule has 90 valence electrons. The minimum atomic E-state index is -3.35. The van der Waals surface area contributed by atoms with Crippen molar-refractivity contribution in [3.05, 3.63) is 0 Å². The van der Waals surface area contributed by atoms with Crippen LogP contribution >= 0.6 is 0 Å². The predicted molar refractivity (Wildman–Crippen MR) is 55.1 cm³/mol. The first-order valence-electron chi connectivity index (χ1n) is 5.11. The molecule has 0 aromatic carbocycles. The highest BCUT2D eigenvalue weighted by molar-refractivity contribution is 7.86. The summed E-state index contributed by atoms with van der Waals surface area (Å²) >= 11 is 0. The van der Waals surface area contributed by atoms with Crippen LogP contribution in [0.25, 0.3) is 0 Å². The molecule has 15 heavy (non-hydrogen) atoms. The van der Waals surface area contributed by atoms with E-state index in [1.54, 1.807) is 6.92 Å². The maximum Gasteiger partial charge on any atom is 0.267 e. The smallest absolute Gasteiger partial charge is 0.267 e. The van der Waals surface area contributed by atoms with Crippen LogP contribution in [0.1, 0.15) is 13.8 Å². The van der Waals surface area contributed by atoms with Crippen LogP contribution in [-0.4, -0.2) is 46.7 Å². The topological polar surface area (TPSA) is 61.8 Å². The van der Waals surface area contributed by atoms with Gasteiger partial charge in [0, 0.05) is 5.92 Å². The number of rotatable bonds is 5. The van der Waals surface area contributed by atoms with Gasteiger partial charge in [0.1, 0.15) is 0 Å². The SMILES string of the molecule is CCS(=O)(=O)OCC(C)[C@@H]1COCCO1. The molecule has 1 aliphatic heterocycles. The first-order chi connectivity index (χ1) is 7.05. The standard InChI is InChI=1S/C9H18O5S/c1-3-15(10,11)14-6-8(2)9-7-12-4-5-13-9/h8-9H,3-7H2,1-2H3/t8?,9-/m0/s1. The average molecular weight is 238 g/mol. The van der Waals surface area contributed by atoms with Crippen LogP contribution in [0.3, 0.4) is 0 Å². The molecule has 0 aromatic rings. The zero-order chi connectivity index (χ0) is 11.3. The van der Waals surface area contributed by atoms with E-state index in [1.165, 1.54) is 0 Å². The van der Waals surface area contributed by atoms with Gasteiger partial charge in [-0.3, -0.25) is 4.18 Å². The summed E-state index contributed by atoms with van der Waals surface area (Å²) in [5.74, 6) is 0.0218. The summed E-state index contributed by atoms with van der Waals surface area (Å²) in [5.41, 5.74) is 0. The Balaban J connectivity index is 2.31. The van der Waals surface area contributed by atoms with E-state index in [2.05, 4.69) is 0 Å². The molecule has 0 aliphatic carbocycles. The molecule has 1 saturated heterocycles. The van der Waals surface area contributed by atoms with E-state index >= 15 is 0 Å². The lowest BCUT2D eigenvalue weighted by Gasteiger charge is -2.27. The van der Waals surface area contributed by atoms with Gasteiger partial charge in [-0.25, -0.2) is 0 Å². The minimum Gasteiger partial charge on any atom is -0.376 e. The summed E-state index contributed by atoms with van der Waals surface area (Å²) in [6.07, 6.45) is -0.0641. The van der Waals surface area contributed by atoms with E-state index in [-0.39, 0.29) is 24.4 Å². The maximum atomic E-state index is 11.1. The van der Waals surface area contributed by atoms with Crippen molar-refractivity contribution in [3.63, 3.8) is 0 Å². The predicted octanol–water partition coefficient (Wildman–Crippen LogP) is 0.404.